The minimum Gasteiger partial charge on any atom is -0.277 e. The summed E-state index contributed by atoms with van der Waals surface area (Å²) in [6.45, 7) is 3.76. The van der Waals surface area contributed by atoms with Gasteiger partial charge in [-0.05, 0) is 26.2 Å². The Labute approximate surface area is 107 Å². The van der Waals surface area contributed by atoms with E-state index >= 15 is 0 Å². The molecule has 1 saturated carbocycles. The average Bonchev–Trinajstić information content (AvgIpc) is 2.37. The number of carbonyl (C=O) groups excluding carboxylic acids is 3. The molecule has 1 aliphatic heterocycles. The zero-order chi connectivity index (χ0) is 13.3. The van der Waals surface area contributed by atoms with Gasteiger partial charge in [0.25, 0.3) is 0 Å². The molecule has 5 nitrogen and oxygen atoms in total. The topological polar surface area (TPSA) is 66.5 Å². The number of amides is 4. The Hall–Kier alpha value is -1.39. The van der Waals surface area contributed by atoms with Gasteiger partial charge in [-0.3, -0.25) is 19.8 Å². The van der Waals surface area contributed by atoms with Crippen LogP contribution in [-0.2, 0) is 9.59 Å². The van der Waals surface area contributed by atoms with Gasteiger partial charge in [-0.2, -0.15) is 0 Å². The zero-order valence-electron chi connectivity index (χ0n) is 11.0. The third-order valence-electron chi connectivity index (χ3n) is 4.24. The van der Waals surface area contributed by atoms with Crippen LogP contribution in [0, 0.1) is 5.41 Å². The number of hydrogen-bond acceptors (Lipinski definition) is 3. The van der Waals surface area contributed by atoms with E-state index in [4.69, 9.17) is 0 Å². The normalized spacial score (nSPS) is 25.2. The highest BCUT2D eigenvalue weighted by molar-refractivity contribution is 6.19. The highest BCUT2D eigenvalue weighted by atomic mass is 16.2. The molecule has 18 heavy (non-hydrogen) atoms. The van der Waals surface area contributed by atoms with Crippen LogP contribution in [0.15, 0.2) is 0 Å². The van der Waals surface area contributed by atoms with Crippen LogP contribution >= 0.6 is 0 Å². The van der Waals surface area contributed by atoms with Crippen molar-refractivity contribution in [3.8, 4) is 0 Å². The summed E-state index contributed by atoms with van der Waals surface area (Å²) in [7, 11) is 0. The molecule has 0 bridgehead atoms. The summed E-state index contributed by atoms with van der Waals surface area (Å²) in [6, 6.07) is -0.722. The molecule has 2 rings (SSSR count). The van der Waals surface area contributed by atoms with E-state index in [0.29, 0.717) is 19.3 Å². The lowest BCUT2D eigenvalue weighted by molar-refractivity contribution is -0.155. The first-order valence-corrected chi connectivity index (χ1v) is 6.72. The first-order chi connectivity index (χ1) is 8.53. The molecule has 1 N–H and O–H groups in total. The standard InChI is InChI=1S/C13H20N2O3/c1-3-9(2)15-11(17)13(7-5-4-6-8-13)10(16)14-12(15)18/h9H,3-8H2,1-2H3,(H,14,16,18). The third kappa shape index (κ3) is 1.82. The van der Waals surface area contributed by atoms with E-state index in [9.17, 15) is 14.4 Å². The summed E-state index contributed by atoms with van der Waals surface area (Å²) in [6.07, 6.45) is 4.64. The highest BCUT2D eigenvalue weighted by Crippen LogP contribution is 2.40. The molecule has 1 aliphatic carbocycles. The van der Waals surface area contributed by atoms with Crippen molar-refractivity contribution >= 4 is 17.8 Å². The monoisotopic (exact) mass is 252 g/mol. The Kier molecular flexibility index (Phi) is 3.41. The SMILES string of the molecule is CCC(C)N1C(=O)NC(=O)C2(CCCCC2)C1=O. The molecule has 1 saturated heterocycles. The second-order valence-corrected chi connectivity index (χ2v) is 5.33. The second kappa shape index (κ2) is 4.71. The summed E-state index contributed by atoms with van der Waals surface area (Å²) in [5.74, 6) is -0.679. The number of rotatable bonds is 2. The summed E-state index contributed by atoms with van der Waals surface area (Å²) < 4.78 is 0. The molecule has 4 amide bonds. The maximum Gasteiger partial charge on any atom is 0.331 e. The maximum atomic E-state index is 12.6. The van der Waals surface area contributed by atoms with Crippen molar-refractivity contribution in [2.24, 2.45) is 5.41 Å². The fraction of sp³-hybridized carbons (Fsp3) is 0.769. The smallest absolute Gasteiger partial charge is 0.277 e. The molecule has 0 aromatic rings. The predicted molar refractivity (Wildman–Crippen MR) is 65.7 cm³/mol. The summed E-state index contributed by atoms with van der Waals surface area (Å²) in [5, 5.41) is 2.36. The molecule has 0 aromatic carbocycles. The highest BCUT2D eigenvalue weighted by Gasteiger charge is 2.54. The average molecular weight is 252 g/mol. The minimum atomic E-state index is -0.977. The molecule has 0 aromatic heterocycles. The first kappa shape index (κ1) is 13.1. The summed E-state index contributed by atoms with van der Waals surface area (Å²) in [4.78, 5) is 37.7. The van der Waals surface area contributed by atoms with Crippen molar-refractivity contribution in [2.45, 2.75) is 58.4 Å². The third-order valence-corrected chi connectivity index (χ3v) is 4.24. The Morgan fingerprint density at radius 3 is 2.39 bits per heavy atom. The van der Waals surface area contributed by atoms with Crippen LogP contribution in [0.25, 0.3) is 0 Å². The van der Waals surface area contributed by atoms with Gasteiger partial charge in [0.1, 0.15) is 5.41 Å². The van der Waals surface area contributed by atoms with Gasteiger partial charge in [0.05, 0.1) is 0 Å². The number of hydrogen-bond donors (Lipinski definition) is 1. The van der Waals surface area contributed by atoms with Crippen LogP contribution in [0.4, 0.5) is 4.79 Å². The van der Waals surface area contributed by atoms with Crippen LogP contribution in [0.1, 0.15) is 52.4 Å². The molecule has 0 radical (unpaired) electrons. The molecule has 1 atom stereocenters. The van der Waals surface area contributed by atoms with Crippen LogP contribution < -0.4 is 5.32 Å². The number of nitrogens with zero attached hydrogens (tertiary/aromatic N) is 1. The van der Waals surface area contributed by atoms with E-state index in [-0.39, 0.29) is 11.9 Å². The van der Waals surface area contributed by atoms with Crippen molar-refractivity contribution < 1.29 is 14.4 Å². The van der Waals surface area contributed by atoms with Crippen LogP contribution in [0.3, 0.4) is 0 Å². The first-order valence-electron chi connectivity index (χ1n) is 6.72. The fourth-order valence-electron chi connectivity index (χ4n) is 2.88. The van der Waals surface area contributed by atoms with E-state index in [2.05, 4.69) is 5.32 Å². The van der Waals surface area contributed by atoms with Crippen LogP contribution in [0.2, 0.25) is 0 Å². The van der Waals surface area contributed by atoms with Crippen molar-refractivity contribution in [1.29, 1.82) is 0 Å². The van der Waals surface area contributed by atoms with Crippen molar-refractivity contribution in [1.82, 2.24) is 10.2 Å². The van der Waals surface area contributed by atoms with E-state index < -0.39 is 17.4 Å². The van der Waals surface area contributed by atoms with Crippen LogP contribution in [0.5, 0.6) is 0 Å². The quantitative estimate of drug-likeness (QED) is 0.762. The Morgan fingerprint density at radius 2 is 1.83 bits per heavy atom. The van der Waals surface area contributed by atoms with Crippen molar-refractivity contribution in [3.63, 3.8) is 0 Å². The maximum absolute atomic E-state index is 12.6. The molecule has 1 unspecified atom stereocenters. The molecular formula is C13H20N2O3. The van der Waals surface area contributed by atoms with Gasteiger partial charge in [-0.25, -0.2) is 4.79 Å². The molecule has 1 heterocycles. The Balaban J connectivity index is 2.33. The van der Waals surface area contributed by atoms with E-state index in [1.54, 1.807) is 0 Å². The fourth-order valence-corrected chi connectivity index (χ4v) is 2.88. The van der Waals surface area contributed by atoms with Gasteiger partial charge in [0.2, 0.25) is 11.8 Å². The van der Waals surface area contributed by atoms with Gasteiger partial charge >= 0.3 is 6.03 Å². The second-order valence-electron chi connectivity index (χ2n) is 5.33. The number of carbonyl (C=O) groups is 3. The van der Waals surface area contributed by atoms with Gasteiger partial charge in [0, 0.05) is 6.04 Å². The number of barbiturate groups is 1. The van der Waals surface area contributed by atoms with Crippen molar-refractivity contribution in [2.75, 3.05) is 0 Å². The van der Waals surface area contributed by atoms with E-state index in [1.165, 1.54) is 4.90 Å². The zero-order valence-corrected chi connectivity index (χ0v) is 11.0. The lowest BCUT2D eigenvalue weighted by atomic mass is 9.71. The van der Waals surface area contributed by atoms with E-state index in [0.717, 1.165) is 19.3 Å². The number of urea groups is 1. The Bertz CT molecular complexity index is 386. The lowest BCUT2D eigenvalue weighted by Crippen LogP contribution is -2.66. The molecule has 5 heteroatoms. The van der Waals surface area contributed by atoms with Gasteiger partial charge < -0.3 is 0 Å². The van der Waals surface area contributed by atoms with Gasteiger partial charge in [-0.15, -0.1) is 0 Å². The summed E-state index contributed by atoms with van der Waals surface area (Å²) in [5.41, 5.74) is -0.977. The van der Waals surface area contributed by atoms with Crippen molar-refractivity contribution in [3.05, 3.63) is 0 Å². The lowest BCUT2D eigenvalue weighted by Gasteiger charge is -2.43. The molecule has 2 fully saturated rings. The largest absolute Gasteiger partial charge is 0.331 e. The van der Waals surface area contributed by atoms with Crippen LogP contribution in [-0.4, -0.2) is 28.8 Å². The van der Waals surface area contributed by atoms with Gasteiger partial charge in [-0.1, -0.05) is 26.2 Å². The predicted octanol–water partition coefficient (Wildman–Crippen LogP) is 1.81. The molecule has 100 valence electrons. The molecule has 1 spiro atoms. The number of nitrogens with one attached hydrogen (secondary N) is 1. The van der Waals surface area contributed by atoms with Gasteiger partial charge in [0.15, 0.2) is 0 Å². The molecular weight excluding hydrogens is 232 g/mol. The number of imide groups is 2. The Morgan fingerprint density at radius 1 is 1.22 bits per heavy atom. The minimum absolute atomic E-state index is 0.163. The summed E-state index contributed by atoms with van der Waals surface area (Å²) >= 11 is 0. The van der Waals surface area contributed by atoms with E-state index in [1.807, 2.05) is 13.8 Å². The molecule has 2 aliphatic rings.